The number of hydrogen-bond acceptors (Lipinski definition) is 4. The number of aliphatic carboxylic acids is 1. The lowest BCUT2D eigenvalue weighted by molar-refractivity contribution is -0.140. The smallest absolute Gasteiger partial charge is 0.328 e. The number of nitrogens with zero attached hydrogens (tertiary/aromatic N) is 1. The molecule has 0 aliphatic carbocycles. The first-order chi connectivity index (χ1) is 9.56. The van der Waals surface area contributed by atoms with Gasteiger partial charge in [0.2, 0.25) is 0 Å². The van der Waals surface area contributed by atoms with Crippen LogP contribution < -0.4 is 0 Å². The van der Waals surface area contributed by atoms with Gasteiger partial charge < -0.3 is 14.7 Å². The highest BCUT2D eigenvalue weighted by Crippen LogP contribution is 2.20. The van der Waals surface area contributed by atoms with Crippen molar-refractivity contribution < 1.29 is 19.4 Å². The Morgan fingerprint density at radius 3 is 3.05 bits per heavy atom. The highest BCUT2D eigenvalue weighted by molar-refractivity contribution is 7.10. The van der Waals surface area contributed by atoms with Crippen LogP contribution in [-0.2, 0) is 20.9 Å². The molecule has 1 aromatic heterocycles. The fraction of sp³-hybridized carbons (Fsp3) is 0.429. The lowest BCUT2D eigenvalue weighted by Gasteiger charge is -2.19. The quantitative estimate of drug-likeness (QED) is 0.844. The van der Waals surface area contributed by atoms with E-state index in [0.717, 1.165) is 29.4 Å². The summed E-state index contributed by atoms with van der Waals surface area (Å²) in [6, 6.07) is 1.89. The number of carbonyl (C=O) groups excluding carboxylic acids is 1. The molecule has 0 bridgehead atoms. The number of amides is 1. The van der Waals surface area contributed by atoms with Crippen molar-refractivity contribution in [3.63, 3.8) is 0 Å². The molecule has 1 amide bonds. The molecule has 1 saturated heterocycles. The van der Waals surface area contributed by atoms with E-state index < -0.39 is 5.97 Å². The Morgan fingerprint density at radius 1 is 1.60 bits per heavy atom. The van der Waals surface area contributed by atoms with Gasteiger partial charge in [0.15, 0.2) is 0 Å². The fourth-order valence-electron chi connectivity index (χ4n) is 2.07. The second-order valence-corrected chi connectivity index (χ2v) is 5.71. The van der Waals surface area contributed by atoms with Crippen molar-refractivity contribution in [3.8, 4) is 0 Å². The third-order valence-corrected chi connectivity index (χ3v) is 4.01. The molecule has 1 N–H and O–H groups in total. The van der Waals surface area contributed by atoms with Crippen LogP contribution in [0.3, 0.4) is 0 Å². The summed E-state index contributed by atoms with van der Waals surface area (Å²) in [5.74, 6) is -0.957. The Kier molecular flexibility index (Phi) is 4.92. The molecule has 1 aliphatic heterocycles. The molecule has 1 unspecified atom stereocenters. The van der Waals surface area contributed by atoms with Gasteiger partial charge in [-0.2, -0.15) is 0 Å². The maximum atomic E-state index is 12.1. The first-order valence-electron chi connectivity index (χ1n) is 6.41. The molecule has 0 radical (unpaired) electrons. The molecule has 6 heteroatoms. The van der Waals surface area contributed by atoms with Gasteiger partial charge in [-0.1, -0.05) is 0 Å². The van der Waals surface area contributed by atoms with Gasteiger partial charge in [0.1, 0.15) is 6.10 Å². The highest BCUT2D eigenvalue weighted by atomic mass is 32.1. The number of ether oxygens (including phenoxy) is 1. The maximum Gasteiger partial charge on any atom is 0.328 e. The van der Waals surface area contributed by atoms with Gasteiger partial charge in [-0.05, 0) is 35.9 Å². The Balaban J connectivity index is 1.92. The zero-order valence-electron chi connectivity index (χ0n) is 11.2. The summed E-state index contributed by atoms with van der Waals surface area (Å²) in [5, 5.41) is 10.4. The van der Waals surface area contributed by atoms with E-state index in [1.807, 2.05) is 11.4 Å². The molecule has 1 fully saturated rings. The summed E-state index contributed by atoms with van der Waals surface area (Å²) in [5.41, 5.74) is 0.838. The van der Waals surface area contributed by atoms with Crippen molar-refractivity contribution in [2.45, 2.75) is 25.5 Å². The molecule has 1 aromatic rings. The van der Waals surface area contributed by atoms with Crippen LogP contribution in [0.15, 0.2) is 17.5 Å². The van der Waals surface area contributed by atoms with Crippen molar-refractivity contribution in [2.75, 3.05) is 13.7 Å². The number of carboxylic acid groups (broad SMARTS) is 1. The van der Waals surface area contributed by atoms with E-state index in [2.05, 4.69) is 0 Å². The maximum absolute atomic E-state index is 12.1. The van der Waals surface area contributed by atoms with Gasteiger partial charge in [0.05, 0.1) is 6.54 Å². The van der Waals surface area contributed by atoms with Gasteiger partial charge in [-0.3, -0.25) is 4.79 Å². The van der Waals surface area contributed by atoms with Gasteiger partial charge in [0.25, 0.3) is 5.91 Å². The second-order valence-electron chi connectivity index (χ2n) is 4.71. The molecule has 108 valence electrons. The summed E-state index contributed by atoms with van der Waals surface area (Å²) in [6.07, 6.45) is 4.08. The predicted molar refractivity (Wildman–Crippen MR) is 76.4 cm³/mol. The summed E-state index contributed by atoms with van der Waals surface area (Å²) in [7, 11) is 1.76. The number of likely N-dealkylation sites (N-methyl/N-ethyl adjacent to an activating group) is 1. The molecule has 0 saturated carbocycles. The summed E-state index contributed by atoms with van der Waals surface area (Å²) in [4.78, 5) is 25.2. The molecule has 2 heterocycles. The fourth-order valence-corrected chi connectivity index (χ4v) is 2.97. The van der Waals surface area contributed by atoms with Crippen LogP contribution in [0.1, 0.15) is 23.3 Å². The number of thiophene rings is 1. The van der Waals surface area contributed by atoms with Crippen molar-refractivity contribution in [3.05, 3.63) is 28.0 Å². The van der Waals surface area contributed by atoms with Crippen molar-refractivity contribution in [1.29, 1.82) is 0 Å². The number of carbonyl (C=O) groups is 2. The van der Waals surface area contributed by atoms with Crippen LogP contribution in [0.25, 0.3) is 6.08 Å². The summed E-state index contributed by atoms with van der Waals surface area (Å²) >= 11 is 1.51. The van der Waals surface area contributed by atoms with E-state index >= 15 is 0 Å². The van der Waals surface area contributed by atoms with Crippen LogP contribution in [0.2, 0.25) is 0 Å². The standard InChI is InChI=1S/C14H17NO4S/c1-15(14(18)12-3-2-6-19-12)8-11-7-10(9-20-11)4-5-13(16)17/h4-5,7,9,12H,2-3,6,8H2,1H3,(H,16,17). The van der Waals surface area contributed by atoms with E-state index in [-0.39, 0.29) is 12.0 Å². The predicted octanol–water partition coefficient (Wildman–Crippen LogP) is 1.98. The van der Waals surface area contributed by atoms with Gasteiger partial charge in [-0.15, -0.1) is 11.3 Å². The SMILES string of the molecule is CN(Cc1cc(C=CC(=O)O)cs1)C(=O)C1CCCO1. The van der Waals surface area contributed by atoms with Gasteiger partial charge in [0, 0.05) is 24.6 Å². The van der Waals surface area contributed by atoms with Crippen LogP contribution in [0, 0.1) is 0 Å². The number of rotatable bonds is 5. The Labute approximate surface area is 121 Å². The highest BCUT2D eigenvalue weighted by Gasteiger charge is 2.26. The minimum absolute atomic E-state index is 0.0125. The van der Waals surface area contributed by atoms with Gasteiger partial charge in [-0.25, -0.2) is 4.79 Å². The second kappa shape index (κ2) is 6.67. The molecule has 1 aliphatic rings. The van der Waals surface area contributed by atoms with E-state index in [4.69, 9.17) is 9.84 Å². The number of hydrogen-bond donors (Lipinski definition) is 1. The molecule has 0 aromatic carbocycles. The van der Waals surface area contributed by atoms with Crippen molar-refractivity contribution in [2.24, 2.45) is 0 Å². The topological polar surface area (TPSA) is 66.8 Å². The van der Waals surface area contributed by atoms with E-state index in [1.165, 1.54) is 11.3 Å². The first-order valence-corrected chi connectivity index (χ1v) is 7.29. The van der Waals surface area contributed by atoms with Crippen LogP contribution in [0.5, 0.6) is 0 Å². The molecular weight excluding hydrogens is 278 g/mol. The van der Waals surface area contributed by atoms with Crippen LogP contribution >= 0.6 is 11.3 Å². The number of carboxylic acids is 1. The molecule has 5 nitrogen and oxygen atoms in total. The normalized spacial score (nSPS) is 18.6. The third kappa shape index (κ3) is 3.91. The minimum atomic E-state index is -0.969. The van der Waals surface area contributed by atoms with E-state index in [9.17, 15) is 9.59 Å². The van der Waals surface area contributed by atoms with Crippen molar-refractivity contribution >= 4 is 29.3 Å². The van der Waals surface area contributed by atoms with E-state index in [0.29, 0.717) is 13.2 Å². The Hall–Kier alpha value is -1.66. The third-order valence-electron chi connectivity index (χ3n) is 3.07. The Bertz CT molecular complexity index is 517. The zero-order valence-corrected chi connectivity index (χ0v) is 12.1. The van der Waals surface area contributed by atoms with Gasteiger partial charge >= 0.3 is 5.97 Å². The molecular formula is C14H17NO4S. The molecule has 0 spiro atoms. The molecule has 1 atom stereocenters. The summed E-state index contributed by atoms with van der Waals surface area (Å²) in [6.45, 7) is 1.18. The lowest BCUT2D eigenvalue weighted by atomic mass is 10.2. The summed E-state index contributed by atoms with van der Waals surface area (Å²) < 4.78 is 5.38. The first kappa shape index (κ1) is 14.7. The molecule has 2 rings (SSSR count). The lowest BCUT2D eigenvalue weighted by Crippen LogP contribution is -2.35. The average Bonchev–Trinajstić information content (AvgIpc) is 3.06. The largest absolute Gasteiger partial charge is 0.478 e. The zero-order chi connectivity index (χ0) is 14.5. The van der Waals surface area contributed by atoms with E-state index in [1.54, 1.807) is 18.0 Å². The van der Waals surface area contributed by atoms with Crippen molar-refractivity contribution in [1.82, 2.24) is 4.90 Å². The minimum Gasteiger partial charge on any atom is -0.478 e. The molecule has 20 heavy (non-hydrogen) atoms. The van der Waals surface area contributed by atoms with Crippen LogP contribution in [0.4, 0.5) is 0 Å². The monoisotopic (exact) mass is 295 g/mol. The van der Waals surface area contributed by atoms with Crippen LogP contribution in [-0.4, -0.2) is 41.6 Å². The Morgan fingerprint density at radius 2 is 2.40 bits per heavy atom. The average molecular weight is 295 g/mol.